The molecule has 4 nitrogen and oxygen atoms in total. The highest BCUT2D eigenvalue weighted by Crippen LogP contribution is 2.32. The van der Waals surface area contributed by atoms with Crippen LogP contribution in [0.15, 0.2) is 36.5 Å². The van der Waals surface area contributed by atoms with Crippen LogP contribution in [0.1, 0.15) is 24.6 Å². The smallest absolute Gasteiger partial charge is 0.169 e. The van der Waals surface area contributed by atoms with E-state index >= 15 is 0 Å². The lowest BCUT2D eigenvalue weighted by Crippen LogP contribution is -2.14. The van der Waals surface area contributed by atoms with Crippen LogP contribution in [0.2, 0.25) is 0 Å². The molecule has 2 rings (SSSR count). The van der Waals surface area contributed by atoms with Gasteiger partial charge in [-0.3, -0.25) is 4.98 Å². The molecule has 1 aromatic heterocycles. The number of nitrogens with zero attached hydrogens (tertiary/aromatic N) is 1. The first-order valence-corrected chi connectivity index (χ1v) is 7.21. The summed E-state index contributed by atoms with van der Waals surface area (Å²) in [5, 5.41) is 3.33. The molecule has 2 aromatic rings. The van der Waals surface area contributed by atoms with Gasteiger partial charge in [0, 0.05) is 18.8 Å². The highest BCUT2D eigenvalue weighted by Gasteiger charge is 2.06. The Morgan fingerprint density at radius 3 is 2.76 bits per heavy atom. The molecular formula is C17H22N2O2. The minimum Gasteiger partial charge on any atom is -0.493 e. The second kappa shape index (κ2) is 7.64. The third-order valence-corrected chi connectivity index (χ3v) is 3.07. The van der Waals surface area contributed by atoms with E-state index in [0.717, 1.165) is 42.3 Å². The van der Waals surface area contributed by atoms with E-state index in [1.165, 1.54) is 0 Å². The lowest BCUT2D eigenvalue weighted by Gasteiger charge is -2.11. The van der Waals surface area contributed by atoms with Gasteiger partial charge in [0.25, 0.3) is 0 Å². The van der Waals surface area contributed by atoms with Crippen LogP contribution in [0.5, 0.6) is 17.2 Å². The van der Waals surface area contributed by atoms with Crippen LogP contribution in [-0.4, -0.2) is 18.6 Å². The summed E-state index contributed by atoms with van der Waals surface area (Å²) in [7, 11) is 1.65. The van der Waals surface area contributed by atoms with Gasteiger partial charge in [0.1, 0.15) is 5.75 Å². The van der Waals surface area contributed by atoms with Gasteiger partial charge in [0.15, 0.2) is 11.5 Å². The van der Waals surface area contributed by atoms with Crippen LogP contribution in [-0.2, 0) is 6.54 Å². The number of pyridine rings is 1. The van der Waals surface area contributed by atoms with Gasteiger partial charge in [-0.2, -0.15) is 0 Å². The monoisotopic (exact) mass is 286 g/mol. The van der Waals surface area contributed by atoms with Crippen LogP contribution < -0.4 is 14.8 Å². The molecule has 0 amide bonds. The fraction of sp³-hybridized carbons (Fsp3) is 0.353. The van der Waals surface area contributed by atoms with Gasteiger partial charge in [-0.05, 0) is 43.7 Å². The van der Waals surface area contributed by atoms with Crippen molar-refractivity contribution in [3.8, 4) is 17.2 Å². The lowest BCUT2D eigenvalue weighted by atomic mass is 10.2. The maximum absolute atomic E-state index is 5.91. The van der Waals surface area contributed by atoms with E-state index in [1.54, 1.807) is 13.3 Å². The minimum absolute atomic E-state index is 0.710. The molecule has 0 aliphatic heterocycles. The quantitative estimate of drug-likeness (QED) is 0.788. The largest absolute Gasteiger partial charge is 0.493 e. The fourth-order valence-electron chi connectivity index (χ4n) is 2.00. The van der Waals surface area contributed by atoms with Crippen LogP contribution in [0, 0.1) is 6.92 Å². The first-order valence-electron chi connectivity index (χ1n) is 7.21. The van der Waals surface area contributed by atoms with E-state index in [4.69, 9.17) is 9.47 Å². The van der Waals surface area contributed by atoms with Crippen LogP contribution in [0.3, 0.4) is 0 Å². The summed E-state index contributed by atoms with van der Waals surface area (Å²) in [4.78, 5) is 4.34. The van der Waals surface area contributed by atoms with Crippen molar-refractivity contribution in [3.05, 3.63) is 47.8 Å². The number of benzene rings is 1. The number of hydrogen-bond donors (Lipinski definition) is 1. The SMILES string of the molecule is CCCNCc1cc(Oc2ccc(C)cc2OC)ccn1. The molecule has 0 fully saturated rings. The predicted molar refractivity (Wildman–Crippen MR) is 84.0 cm³/mol. The van der Waals surface area contributed by atoms with Gasteiger partial charge < -0.3 is 14.8 Å². The molecule has 1 aromatic carbocycles. The maximum atomic E-state index is 5.91. The zero-order valence-electron chi connectivity index (χ0n) is 12.8. The molecule has 4 heteroatoms. The Kier molecular flexibility index (Phi) is 5.58. The van der Waals surface area contributed by atoms with Crippen molar-refractivity contribution in [2.75, 3.05) is 13.7 Å². The Labute approximate surface area is 126 Å². The normalized spacial score (nSPS) is 10.4. The summed E-state index contributed by atoms with van der Waals surface area (Å²) in [5.41, 5.74) is 2.10. The van der Waals surface area contributed by atoms with Gasteiger partial charge in [0.05, 0.1) is 12.8 Å². The molecule has 0 aliphatic rings. The number of aryl methyl sites for hydroxylation is 1. The van der Waals surface area contributed by atoms with E-state index in [9.17, 15) is 0 Å². The van der Waals surface area contributed by atoms with E-state index < -0.39 is 0 Å². The molecule has 0 saturated heterocycles. The summed E-state index contributed by atoms with van der Waals surface area (Å²) in [6, 6.07) is 9.68. The Morgan fingerprint density at radius 2 is 2.00 bits per heavy atom. The maximum Gasteiger partial charge on any atom is 0.169 e. The van der Waals surface area contributed by atoms with Crippen LogP contribution in [0.25, 0.3) is 0 Å². The number of methoxy groups -OCH3 is 1. The molecule has 1 heterocycles. The Hall–Kier alpha value is -2.07. The van der Waals surface area contributed by atoms with Gasteiger partial charge in [-0.25, -0.2) is 0 Å². The van der Waals surface area contributed by atoms with Crippen molar-refractivity contribution in [2.45, 2.75) is 26.8 Å². The second-order valence-corrected chi connectivity index (χ2v) is 4.92. The molecular weight excluding hydrogens is 264 g/mol. The van der Waals surface area contributed by atoms with Crippen molar-refractivity contribution >= 4 is 0 Å². The van der Waals surface area contributed by atoms with E-state index in [1.807, 2.05) is 37.3 Å². The molecule has 0 unspecified atom stereocenters. The van der Waals surface area contributed by atoms with Crippen molar-refractivity contribution < 1.29 is 9.47 Å². The minimum atomic E-state index is 0.710. The van der Waals surface area contributed by atoms with E-state index in [0.29, 0.717) is 5.75 Å². The standard InChI is InChI=1S/C17H22N2O2/c1-4-8-18-12-14-11-15(7-9-19-14)21-16-6-5-13(2)10-17(16)20-3/h5-7,9-11,18H,4,8,12H2,1-3H3. The van der Waals surface area contributed by atoms with Gasteiger partial charge in [-0.15, -0.1) is 0 Å². The molecule has 0 bridgehead atoms. The summed E-state index contributed by atoms with van der Waals surface area (Å²) in [6.07, 6.45) is 2.87. The summed E-state index contributed by atoms with van der Waals surface area (Å²) >= 11 is 0. The summed E-state index contributed by atoms with van der Waals surface area (Å²) in [6.45, 7) is 5.90. The number of ether oxygens (including phenoxy) is 2. The molecule has 21 heavy (non-hydrogen) atoms. The van der Waals surface area contributed by atoms with Crippen molar-refractivity contribution in [2.24, 2.45) is 0 Å². The number of aromatic nitrogens is 1. The lowest BCUT2D eigenvalue weighted by molar-refractivity contribution is 0.378. The number of rotatable bonds is 7. The van der Waals surface area contributed by atoms with Gasteiger partial charge in [0.2, 0.25) is 0 Å². The van der Waals surface area contributed by atoms with Crippen molar-refractivity contribution in [3.63, 3.8) is 0 Å². The van der Waals surface area contributed by atoms with Crippen molar-refractivity contribution in [1.82, 2.24) is 10.3 Å². The first kappa shape index (κ1) is 15.3. The summed E-state index contributed by atoms with van der Waals surface area (Å²) in [5.74, 6) is 2.21. The third-order valence-electron chi connectivity index (χ3n) is 3.07. The summed E-state index contributed by atoms with van der Waals surface area (Å²) < 4.78 is 11.3. The molecule has 112 valence electrons. The molecule has 1 N–H and O–H groups in total. The molecule has 0 saturated carbocycles. The average molecular weight is 286 g/mol. The predicted octanol–water partition coefficient (Wildman–Crippen LogP) is 3.69. The zero-order valence-corrected chi connectivity index (χ0v) is 12.8. The molecule has 0 radical (unpaired) electrons. The van der Waals surface area contributed by atoms with Gasteiger partial charge in [-0.1, -0.05) is 13.0 Å². The molecule has 0 spiro atoms. The van der Waals surface area contributed by atoms with Crippen LogP contribution >= 0.6 is 0 Å². The number of hydrogen-bond acceptors (Lipinski definition) is 4. The molecule has 0 aliphatic carbocycles. The first-order chi connectivity index (χ1) is 10.2. The van der Waals surface area contributed by atoms with E-state index in [-0.39, 0.29) is 0 Å². The Bertz CT molecular complexity index is 585. The average Bonchev–Trinajstić information content (AvgIpc) is 2.50. The Balaban J connectivity index is 2.10. The van der Waals surface area contributed by atoms with Gasteiger partial charge >= 0.3 is 0 Å². The zero-order chi connectivity index (χ0) is 15.1. The van der Waals surface area contributed by atoms with Crippen LogP contribution in [0.4, 0.5) is 0 Å². The van der Waals surface area contributed by atoms with E-state index in [2.05, 4.69) is 17.2 Å². The molecule has 0 atom stereocenters. The highest BCUT2D eigenvalue weighted by atomic mass is 16.5. The topological polar surface area (TPSA) is 43.4 Å². The number of nitrogens with one attached hydrogen (secondary N) is 1. The fourth-order valence-corrected chi connectivity index (χ4v) is 2.00. The van der Waals surface area contributed by atoms with Crippen molar-refractivity contribution in [1.29, 1.82) is 0 Å². The Morgan fingerprint density at radius 1 is 1.14 bits per heavy atom. The second-order valence-electron chi connectivity index (χ2n) is 4.92. The third kappa shape index (κ3) is 4.46. The highest BCUT2D eigenvalue weighted by molar-refractivity contribution is 5.45.